The van der Waals surface area contributed by atoms with Gasteiger partial charge in [-0.1, -0.05) is 12.1 Å². The second kappa shape index (κ2) is 5.90. The largest absolute Gasteiger partial charge is 0.323 e. The Morgan fingerprint density at radius 3 is 2.67 bits per heavy atom. The van der Waals surface area contributed by atoms with Crippen LogP contribution in [0.15, 0.2) is 42.7 Å². The van der Waals surface area contributed by atoms with Crippen LogP contribution in [-0.2, 0) is 11.2 Å². The Labute approximate surface area is 118 Å². The van der Waals surface area contributed by atoms with Crippen molar-refractivity contribution in [1.29, 1.82) is 0 Å². The number of nitrogens with zero attached hydrogens (tertiary/aromatic N) is 1. The number of benzene rings is 1. The molecule has 1 heterocycles. The topological polar surface area (TPSA) is 42.0 Å². The molecule has 1 aromatic carbocycles. The van der Waals surface area contributed by atoms with Gasteiger partial charge in [-0.2, -0.15) is 0 Å². The van der Waals surface area contributed by atoms with E-state index in [-0.39, 0.29) is 18.0 Å². The zero-order valence-corrected chi connectivity index (χ0v) is 11.5. The van der Waals surface area contributed by atoms with E-state index in [4.69, 9.17) is 0 Å². The number of hydrogen-bond donors (Lipinski definition) is 1. The van der Waals surface area contributed by atoms with E-state index in [9.17, 15) is 9.18 Å². The summed E-state index contributed by atoms with van der Waals surface area (Å²) in [5.74, 6) is -0.783. The van der Waals surface area contributed by atoms with Crippen molar-refractivity contribution < 1.29 is 9.18 Å². The number of carbonyl (C=O) groups excluding carboxylic acids is 1. The van der Waals surface area contributed by atoms with Gasteiger partial charge in [0.2, 0.25) is 5.91 Å². The predicted molar refractivity (Wildman–Crippen MR) is 75.7 cm³/mol. The molecule has 1 N–H and O–H groups in total. The third kappa shape index (κ3) is 3.49. The first-order chi connectivity index (χ1) is 8.65. The first-order valence-corrected chi connectivity index (χ1v) is 6.37. The van der Waals surface area contributed by atoms with Crippen LogP contribution in [0.4, 0.5) is 10.1 Å². The Bertz CT molecular complexity index is 557. The zero-order valence-electron chi connectivity index (χ0n) is 9.36. The normalized spacial score (nSPS) is 10.1. The SMILES string of the molecule is O=C(Cc1ccc(I)cc1)Nc1ccncc1F. The lowest BCUT2D eigenvalue weighted by atomic mass is 10.1. The van der Waals surface area contributed by atoms with Crippen LogP contribution in [0.2, 0.25) is 0 Å². The fraction of sp³-hybridized carbons (Fsp3) is 0.0769. The summed E-state index contributed by atoms with van der Waals surface area (Å²) in [4.78, 5) is 15.3. The van der Waals surface area contributed by atoms with E-state index in [1.165, 1.54) is 12.3 Å². The highest BCUT2D eigenvalue weighted by molar-refractivity contribution is 14.1. The summed E-state index contributed by atoms with van der Waals surface area (Å²) < 4.78 is 14.4. The Kier molecular flexibility index (Phi) is 4.24. The van der Waals surface area contributed by atoms with Crippen LogP contribution in [0.5, 0.6) is 0 Å². The van der Waals surface area contributed by atoms with Gasteiger partial charge in [0.05, 0.1) is 18.3 Å². The molecule has 92 valence electrons. The van der Waals surface area contributed by atoms with E-state index in [0.29, 0.717) is 0 Å². The van der Waals surface area contributed by atoms with Crippen molar-refractivity contribution in [3.05, 3.63) is 57.7 Å². The third-order valence-electron chi connectivity index (χ3n) is 2.32. The van der Waals surface area contributed by atoms with Gasteiger partial charge in [0.1, 0.15) is 0 Å². The number of hydrogen-bond acceptors (Lipinski definition) is 2. The van der Waals surface area contributed by atoms with Gasteiger partial charge >= 0.3 is 0 Å². The molecule has 18 heavy (non-hydrogen) atoms. The molecule has 1 amide bonds. The number of aromatic nitrogens is 1. The molecule has 0 fully saturated rings. The van der Waals surface area contributed by atoms with Gasteiger partial charge in [-0.05, 0) is 46.4 Å². The highest BCUT2D eigenvalue weighted by Gasteiger charge is 2.07. The summed E-state index contributed by atoms with van der Waals surface area (Å²) in [7, 11) is 0. The van der Waals surface area contributed by atoms with Crippen LogP contribution in [0.25, 0.3) is 0 Å². The number of carbonyl (C=O) groups is 1. The molecule has 0 radical (unpaired) electrons. The van der Waals surface area contributed by atoms with Crippen molar-refractivity contribution in [2.75, 3.05) is 5.32 Å². The van der Waals surface area contributed by atoms with Crippen LogP contribution in [-0.4, -0.2) is 10.9 Å². The van der Waals surface area contributed by atoms with Crippen molar-refractivity contribution in [3.8, 4) is 0 Å². The van der Waals surface area contributed by atoms with Gasteiger partial charge in [-0.3, -0.25) is 9.78 Å². The molecule has 2 rings (SSSR count). The van der Waals surface area contributed by atoms with Crippen LogP contribution in [0, 0.1) is 9.39 Å². The van der Waals surface area contributed by atoms with E-state index < -0.39 is 5.82 Å². The Morgan fingerprint density at radius 1 is 1.28 bits per heavy atom. The summed E-state index contributed by atoms with van der Waals surface area (Å²) in [5, 5.41) is 2.52. The quantitative estimate of drug-likeness (QED) is 0.860. The minimum Gasteiger partial charge on any atom is -0.323 e. The average molecular weight is 356 g/mol. The summed E-state index contributed by atoms with van der Waals surface area (Å²) in [5.41, 5.74) is 1.04. The molecule has 0 aliphatic rings. The van der Waals surface area contributed by atoms with Crippen LogP contribution >= 0.6 is 22.6 Å². The lowest BCUT2D eigenvalue weighted by molar-refractivity contribution is -0.115. The lowest BCUT2D eigenvalue weighted by Gasteiger charge is -2.06. The summed E-state index contributed by atoms with van der Waals surface area (Å²) >= 11 is 2.20. The van der Waals surface area contributed by atoms with Crippen molar-refractivity contribution in [1.82, 2.24) is 4.98 Å². The van der Waals surface area contributed by atoms with E-state index in [1.807, 2.05) is 24.3 Å². The molecular formula is C13H10FIN2O. The molecule has 0 bridgehead atoms. The third-order valence-corrected chi connectivity index (χ3v) is 3.04. The fourth-order valence-electron chi connectivity index (χ4n) is 1.46. The Morgan fingerprint density at radius 2 is 2.00 bits per heavy atom. The minimum absolute atomic E-state index is 0.153. The van der Waals surface area contributed by atoms with Gasteiger partial charge in [0, 0.05) is 9.77 Å². The van der Waals surface area contributed by atoms with Crippen molar-refractivity contribution in [2.24, 2.45) is 0 Å². The smallest absolute Gasteiger partial charge is 0.228 e. The zero-order chi connectivity index (χ0) is 13.0. The summed E-state index contributed by atoms with van der Waals surface area (Å²) in [6.45, 7) is 0. The number of nitrogens with one attached hydrogen (secondary N) is 1. The lowest BCUT2D eigenvalue weighted by Crippen LogP contribution is -2.15. The van der Waals surface area contributed by atoms with Crippen LogP contribution in [0.1, 0.15) is 5.56 Å². The van der Waals surface area contributed by atoms with Crippen molar-refractivity contribution >= 4 is 34.2 Å². The number of anilines is 1. The molecule has 0 aliphatic carbocycles. The molecule has 5 heteroatoms. The Hall–Kier alpha value is -1.50. The number of rotatable bonds is 3. The van der Waals surface area contributed by atoms with E-state index in [0.717, 1.165) is 15.3 Å². The fourth-order valence-corrected chi connectivity index (χ4v) is 1.82. The van der Waals surface area contributed by atoms with Gasteiger partial charge in [0.15, 0.2) is 5.82 Å². The van der Waals surface area contributed by atoms with Gasteiger partial charge in [0.25, 0.3) is 0 Å². The molecule has 0 atom stereocenters. The monoisotopic (exact) mass is 356 g/mol. The molecule has 0 aliphatic heterocycles. The second-order valence-electron chi connectivity index (χ2n) is 3.71. The summed E-state index contributed by atoms with van der Waals surface area (Å²) in [6, 6.07) is 9.04. The first kappa shape index (κ1) is 12.9. The molecule has 0 saturated carbocycles. The molecule has 0 spiro atoms. The van der Waals surface area contributed by atoms with E-state index in [2.05, 4.69) is 32.9 Å². The molecule has 2 aromatic rings. The van der Waals surface area contributed by atoms with Gasteiger partial charge in [-0.15, -0.1) is 0 Å². The maximum Gasteiger partial charge on any atom is 0.228 e. The molecule has 0 unspecified atom stereocenters. The van der Waals surface area contributed by atoms with Crippen LogP contribution < -0.4 is 5.32 Å². The molecule has 3 nitrogen and oxygen atoms in total. The van der Waals surface area contributed by atoms with Crippen molar-refractivity contribution in [3.63, 3.8) is 0 Å². The second-order valence-corrected chi connectivity index (χ2v) is 4.95. The average Bonchev–Trinajstić information content (AvgIpc) is 2.35. The summed E-state index contributed by atoms with van der Waals surface area (Å²) in [6.07, 6.45) is 2.72. The number of halogens is 2. The molecule has 1 aromatic heterocycles. The maximum absolute atomic E-state index is 13.3. The molecular weight excluding hydrogens is 346 g/mol. The van der Waals surface area contributed by atoms with E-state index >= 15 is 0 Å². The molecule has 0 saturated heterocycles. The van der Waals surface area contributed by atoms with Crippen LogP contribution in [0.3, 0.4) is 0 Å². The predicted octanol–water partition coefficient (Wildman–Crippen LogP) is 3.01. The Balaban J connectivity index is 2.01. The van der Waals surface area contributed by atoms with Gasteiger partial charge < -0.3 is 5.32 Å². The number of amides is 1. The minimum atomic E-state index is -0.534. The van der Waals surface area contributed by atoms with Crippen molar-refractivity contribution in [2.45, 2.75) is 6.42 Å². The standard InChI is InChI=1S/C13H10FIN2O/c14-11-8-16-6-5-12(11)17-13(18)7-9-1-3-10(15)4-2-9/h1-6,8H,7H2,(H,16,17,18). The number of pyridine rings is 1. The maximum atomic E-state index is 13.3. The highest BCUT2D eigenvalue weighted by atomic mass is 127. The van der Waals surface area contributed by atoms with Gasteiger partial charge in [-0.25, -0.2) is 4.39 Å². The van der Waals surface area contributed by atoms with E-state index in [1.54, 1.807) is 0 Å². The first-order valence-electron chi connectivity index (χ1n) is 5.29. The highest BCUT2D eigenvalue weighted by Crippen LogP contribution is 2.12.